The quantitative estimate of drug-likeness (QED) is 0.540. The van der Waals surface area contributed by atoms with Gasteiger partial charge in [-0.2, -0.15) is 11.8 Å². The summed E-state index contributed by atoms with van der Waals surface area (Å²) in [5.41, 5.74) is 10.7. The molecule has 0 saturated heterocycles. The van der Waals surface area contributed by atoms with E-state index in [2.05, 4.69) is 10.3 Å². The number of thioether (sulfide) groups is 1. The number of aromatic nitrogens is 1. The van der Waals surface area contributed by atoms with Crippen LogP contribution in [0.25, 0.3) is 11.6 Å². The Hall–Kier alpha value is -3.16. The molecule has 166 valence electrons. The van der Waals surface area contributed by atoms with Crippen molar-refractivity contribution in [3.63, 3.8) is 0 Å². The van der Waals surface area contributed by atoms with Crippen LogP contribution in [0.15, 0.2) is 72.0 Å². The first-order valence-corrected chi connectivity index (χ1v) is 11.8. The first kappa shape index (κ1) is 23.5. The fourth-order valence-electron chi connectivity index (χ4n) is 3.48. The molecule has 4 N–H and O–H groups in total. The maximum absolute atomic E-state index is 13.1. The van der Waals surface area contributed by atoms with E-state index < -0.39 is 12.0 Å². The maximum Gasteiger partial charge on any atom is 0.326 e. The lowest BCUT2D eigenvalue weighted by Crippen LogP contribution is -2.42. The van der Waals surface area contributed by atoms with Crippen molar-refractivity contribution >= 4 is 35.3 Å². The molecule has 0 saturated carbocycles. The van der Waals surface area contributed by atoms with Gasteiger partial charge in [0.2, 0.25) is 0 Å². The van der Waals surface area contributed by atoms with E-state index in [-0.39, 0.29) is 5.91 Å². The number of amides is 1. The van der Waals surface area contributed by atoms with Crippen LogP contribution < -0.4 is 11.1 Å². The van der Waals surface area contributed by atoms with Crippen molar-refractivity contribution in [2.75, 3.05) is 12.0 Å². The van der Waals surface area contributed by atoms with Crippen LogP contribution in [0.4, 0.5) is 0 Å². The van der Waals surface area contributed by atoms with E-state index in [1.165, 1.54) is 0 Å². The van der Waals surface area contributed by atoms with Crippen molar-refractivity contribution < 1.29 is 14.7 Å². The number of nitrogens with zero attached hydrogens (tertiary/aromatic N) is 1. The number of aliphatic carboxylic acids is 1. The lowest BCUT2D eigenvalue weighted by atomic mass is 9.88. The summed E-state index contributed by atoms with van der Waals surface area (Å²) in [7, 11) is 0. The largest absolute Gasteiger partial charge is 0.480 e. The number of carboxylic acid groups (broad SMARTS) is 1. The van der Waals surface area contributed by atoms with Gasteiger partial charge in [0.15, 0.2) is 0 Å². The summed E-state index contributed by atoms with van der Waals surface area (Å²) in [6.07, 6.45) is 10.3. The molecule has 3 rings (SSSR count). The van der Waals surface area contributed by atoms with Gasteiger partial charge in [-0.3, -0.25) is 9.78 Å². The van der Waals surface area contributed by atoms with Gasteiger partial charge in [0.1, 0.15) is 6.04 Å². The minimum absolute atomic E-state index is 0.368. The summed E-state index contributed by atoms with van der Waals surface area (Å²) < 4.78 is 0. The summed E-state index contributed by atoms with van der Waals surface area (Å²) >= 11 is 1.55. The maximum atomic E-state index is 13.1. The molecule has 32 heavy (non-hydrogen) atoms. The van der Waals surface area contributed by atoms with Crippen LogP contribution in [-0.4, -0.2) is 40.0 Å². The van der Waals surface area contributed by atoms with Crippen molar-refractivity contribution in [1.29, 1.82) is 0 Å². The third-order valence-corrected chi connectivity index (χ3v) is 5.82. The van der Waals surface area contributed by atoms with E-state index in [1.807, 2.05) is 66.9 Å². The number of hydrogen-bond acceptors (Lipinski definition) is 5. The van der Waals surface area contributed by atoms with E-state index in [4.69, 9.17) is 5.73 Å². The van der Waals surface area contributed by atoms with Crippen molar-refractivity contribution in [1.82, 2.24) is 10.3 Å². The molecule has 0 radical (unpaired) electrons. The SMILES string of the molecule is CSCC[C@H](NC(=O)C1=CCC(=Cc2ncccc2CN)C=C1c1ccccc1)C(=O)O. The van der Waals surface area contributed by atoms with E-state index >= 15 is 0 Å². The third kappa shape index (κ3) is 5.96. The van der Waals surface area contributed by atoms with E-state index in [9.17, 15) is 14.7 Å². The van der Waals surface area contributed by atoms with Crippen LogP contribution in [0.5, 0.6) is 0 Å². The Bertz CT molecular complexity index is 1060. The molecule has 0 unspecified atom stereocenters. The molecule has 7 heteroatoms. The molecule has 1 aliphatic rings. The molecular weight excluding hydrogens is 422 g/mol. The van der Waals surface area contributed by atoms with Gasteiger partial charge in [-0.1, -0.05) is 42.5 Å². The Morgan fingerprint density at radius 2 is 2.03 bits per heavy atom. The Kier molecular flexibility index (Phi) is 8.41. The minimum Gasteiger partial charge on any atom is -0.480 e. The van der Waals surface area contributed by atoms with Crippen LogP contribution in [-0.2, 0) is 16.1 Å². The molecule has 0 spiro atoms. The fraction of sp³-hybridized carbons (Fsp3) is 0.240. The van der Waals surface area contributed by atoms with Gasteiger partial charge in [-0.15, -0.1) is 0 Å². The zero-order chi connectivity index (χ0) is 22.9. The Balaban J connectivity index is 1.93. The highest BCUT2D eigenvalue weighted by Crippen LogP contribution is 2.32. The minimum atomic E-state index is -1.03. The van der Waals surface area contributed by atoms with Crippen LogP contribution in [0.2, 0.25) is 0 Å². The zero-order valence-electron chi connectivity index (χ0n) is 18.0. The van der Waals surface area contributed by atoms with Gasteiger partial charge < -0.3 is 16.2 Å². The van der Waals surface area contributed by atoms with Crippen molar-refractivity contribution in [3.05, 3.63) is 88.8 Å². The van der Waals surface area contributed by atoms with Crippen molar-refractivity contribution in [2.45, 2.75) is 25.4 Å². The third-order valence-electron chi connectivity index (χ3n) is 5.17. The highest BCUT2D eigenvalue weighted by molar-refractivity contribution is 7.98. The molecule has 6 nitrogen and oxygen atoms in total. The lowest BCUT2D eigenvalue weighted by molar-refractivity contribution is -0.141. The van der Waals surface area contributed by atoms with Gasteiger partial charge in [0.05, 0.1) is 5.69 Å². The Labute approximate surface area is 192 Å². The summed E-state index contributed by atoms with van der Waals surface area (Å²) in [5, 5.41) is 12.2. The number of carboxylic acids is 1. The van der Waals surface area contributed by atoms with Crippen LogP contribution in [0.3, 0.4) is 0 Å². The van der Waals surface area contributed by atoms with Crippen LogP contribution in [0.1, 0.15) is 29.7 Å². The summed E-state index contributed by atoms with van der Waals surface area (Å²) in [6, 6.07) is 12.5. The predicted octanol–water partition coefficient (Wildman–Crippen LogP) is 3.66. The number of allylic oxidation sites excluding steroid dienone is 3. The fourth-order valence-corrected chi connectivity index (χ4v) is 3.95. The molecule has 1 aromatic carbocycles. The second kappa shape index (κ2) is 11.5. The highest BCUT2D eigenvalue weighted by Gasteiger charge is 2.25. The van der Waals surface area contributed by atoms with Gasteiger partial charge >= 0.3 is 5.97 Å². The van der Waals surface area contributed by atoms with Crippen molar-refractivity contribution in [3.8, 4) is 0 Å². The first-order valence-electron chi connectivity index (χ1n) is 10.4. The second-order valence-electron chi connectivity index (χ2n) is 7.36. The number of nitrogens with two attached hydrogens (primary N) is 1. The van der Waals surface area contributed by atoms with Gasteiger partial charge in [-0.25, -0.2) is 4.79 Å². The molecule has 1 aromatic heterocycles. The Morgan fingerprint density at radius 3 is 2.72 bits per heavy atom. The number of pyridine rings is 1. The monoisotopic (exact) mass is 449 g/mol. The smallest absolute Gasteiger partial charge is 0.326 e. The van der Waals surface area contributed by atoms with E-state index in [0.29, 0.717) is 30.7 Å². The number of carbonyl (C=O) groups is 2. The van der Waals surface area contributed by atoms with Crippen LogP contribution in [0, 0.1) is 0 Å². The summed E-state index contributed by atoms with van der Waals surface area (Å²) in [4.78, 5) is 29.1. The van der Waals surface area contributed by atoms with Crippen molar-refractivity contribution in [2.24, 2.45) is 5.73 Å². The topological polar surface area (TPSA) is 105 Å². The normalized spacial score (nSPS) is 15.6. The van der Waals surface area contributed by atoms with Gasteiger partial charge in [-0.05, 0) is 65.3 Å². The molecule has 2 aromatic rings. The number of benzene rings is 1. The molecule has 1 heterocycles. The number of hydrogen-bond donors (Lipinski definition) is 3. The average Bonchev–Trinajstić information content (AvgIpc) is 2.82. The second-order valence-corrected chi connectivity index (χ2v) is 8.35. The molecule has 0 bridgehead atoms. The molecule has 0 fully saturated rings. The van der Waals surface area contributed by atoms with Gasteiger partial charge in [0, 0.05) is 18.3 Å². The van der Waals surface area contributed by atoms with Gasteiger partial charge in [0.25, 0.3) is 5.91 Å². The summed E-state index contributed by atoms with van der Waals surface area (Å²) in [6.45, 7) is 0.387. The predicted molar refractivity (Wildman–Crippen MR) is 130 cm³/mol. The van der Waals surface area contributed by atoms with Crippen LogP contribution >= 0.6 is 11.8 Å². The molecule has 1 atom stereocenters. The number of carbonyl (C=O) groups excluding carboxylic acids is 1. The molecule has 0 aliphatic heterocycles. The Morgan fingerprint density at radius 1 is 1.25 bits per heavy atom. The lowest BCUT2D eigenvalue weighted by Gasteiger charge is -2.21. The standard InChI is InChI=1S/C25H27N3O3S/c1-32-13-11-22(25(30)31)28-24(29)20-10-9-17(14-21(20)18-6-3-2-4-7-18)15-23-19(16-26)8-5-12-27-23/h2-8,10,12,14-15,22H,9,11,13,16,26H2,1H3,(H,28,29)(H,30,31)/t22-/m0/s1. The van der Waals surface area contributed by atoms with E-state index in [0.717, 1.165) is 28.0 Å². The van der Waals surface area contributed by atoms with E-state index in [1.54, 1.807) is 18.0 Å². The molecule has 1 amide bonds. The number of rotatable bonds is 9. The molecule has 1 aliphatic carbocycles. The zero-order valence-corrected chi connectivity index (χ0v) is 18.8. The number of nitrogens with one attached hydrogen (secondary N) is 1. The first-order chi connectivity index (χ1) is 15.5. The molecular formula is C25H27N3O3S. The summed E-state index contributed by atoms with van der Waals surface area (Å²) in [5.74, 6) is -0.759. The average molecular weight is 450 g/mol. The highest BCUT2D eigenvalue weighted by atomic mass is 32.2.